The van der Waals surface area contributed by atoms with E-state index in [1.165, 1.54) is 16.5 Å². The van der Waals surface area contributed by atoms with Gasteiger partial charge in [0, 0.05) is 23.1 Å². The van der Waals surface area contributed by atoms with Crippen molar-refractivity contribution in [2.24, 2.45) is 0 Å². The standard InChI is InChI=1S/C22H29N5O2S/c1-4-16-15-12-29-22(2,3)11-14(15)17-18-19(30-21(17)26-16)20(25-13-24-18)23-5-6-27-7-9-28-10-8-27/h13H,4-12H2,1-3H3,(H,23,24,25)/p+1. The molecule has 0 unspecified atom stereocenters. The van der Waals surface area contributed by atoms with Crippen LogP contribution in [0.1, 0.15) is 37.6 Å². The molecule has 3 aromatic heterocycles. The number of ether oxygens (including phenoxy) is 2. The SMILES string of the molecule is CCc1nc2sc3c(NCC[NH+]4CCOCC4)ncnc3c2c2c1COC(C)(C)C2. The van der Waals surface area contributed by atoms with Gasteiger partial charge in [0.2, 0.25) is 0 Å². The van der Waals surface area contributed by atoms with E-state index in [-0.39, 0.29) is 5.60 Å². The molecule has 2 aliphatic heterocycles. The van der Waals surface area contributed by atoms with Gasteiger partial charge in [-0.2, -0.15) is 0 Å². The van der Waals surface area contributed by atoms with Crippen LogP contribution in [0, 0.1) is 0 Å². The maximum absolute atomic E-state index is 6.11. The zero-order valence-electron chi connectivity index (χ0n) is 18.0. The van der Waals surface area contributed by atoms with E-state index in [1.54, 1.807) is 22.6 Å². The smallest absolute Gasteiger partial charge is 0.147 e. The minimum Gasteiger partial charge on any atom is -0.370 e. The second-order valence-corrected chi connectivity index (χ2v) is 9.81. The molecule has 0 atom stereocenters. The zero-order chi connectivity index (χ0) is 20.7. The third kappa shape index (κ3) is 3.66. The van der Waals surface area contributed by atoms with Crippen LogP contribution in [0.3, 0.4) is 0 Å². The minimum atomic E-state index is -0.171. The van der Waals surface area contributed by atoms with E-state index in [9.17, 15) is 0 Å². The average Bonchev–Trinajstić information content (AvgIpc) is 3.13. The molecule has 1 fully saturated rings. The largest absolute Gasteiger partial charge is 0.370 e. The molecule has 7 nitrogen and oxygen atoms in total. The highest BCUT2D eigenvalue weighted by Gasteiger charge is 2.31. The lowest BCUT2D eigenvalue weighted by Crippen LogP contribution is -3.14. The highest BCUT2D eigenvalue weighted by atomic mass is 32.1. The van der Waals surface area contributed by atoms with E-state index in [1.807, 2.05) is 0 Å². The van der Waals surface area contributed by atoms with Crippen molar-refractivity contribution in [1.82, 2.24) is 15.0 Å². The van der Waals surface area contributed by atoms with Crippen LogP contribution in [0.2, 0.25) is 0 Å². The Morgan fingerprint density at radius 3 is 2.83 bits per heavy atom. The van der Waals surface area contributed by atoms with Crippen molar-refractivity contribution in [2.75, 3.05) is 44.7 Å². The van der Waals surface area contributed by atoms with Gasteiger partial charge in [-0.1, -0.05) is 6.92 Å². The van der Waals surface area contributed by atoms with Crippen LogP contribution >= 0.6 is 11.3 Å². The van der Waals surface area contributed by atoms with E-state index in [0.29, 0.717) is 6.61 Å². The summed E-state index contributed by atoms with van der Waals surface area (Å²) in [6.07, 6.45) is 3.48. The Kier molecular flexibility index (Phi) is 5.35. The predicted molar refractivity (Wildman–Crippen MR) is 120 cm³/mol. The fourth-order valence-corrected chi connectivity index (χ4v) is 5.70. The molecule has 160 valence electrons. The van der Waals surface area contributed by atoms with Crippen LogP contribution in [0.5, 0.6) is 0 Å². The molecule has 0 saturated carbocycles. The number of anilines is 1. The number of hydrogen-bond donors (Lipinski definition) is 2. The summed E-state index contributed by atoms with van der Waals surface area (Å²) in [4.78, 5) is 16.9. The molecule has 0 amide bonds. The lowest BCUT2D eigenvalue weighted by atomic mass is 9.89. The number of morpholine rings is 1. The molecule has 5 rings (SSSR count). The molecule has 2 aliphatic rings. The third-order valence-corrected chi connectivity index (χ3v) is 7.30. The number of fused-ring (bicyclic) bond motifs is 5. The second-order valence-electron chi connectivity index (χ2n) is 8.82. The monoisotopic (exact) mass is 428 g/mol. The van der Waals surface area contributed by atoms with Gasteiger partial charge >= 0.3 is 0 Å². The van der Waals surface area contributed by atoms with Gasteiger partial charge in [-0.3, -0.25) is 0 Å². The lowest BCUT2D eigenvalue weighted by Gasteiger charge is -2.33. The molecular weight excluding hydrogens is 398 g/mol. The fraction of sp³-hybridized carbons (Fsp3) is 0.591. The van der Waals surface area contributed by atoms with Crippen molar-refractivity contribution in [3.05, 3.63) is 23.1 Å². The first kappa shape index (κ1) is 20.1. The van der Waals surface area contributed by atoms with Gasteiger partial charge in [-0.15, -0.1) is 11.3 Å². The number of nitrogens with one attached hydrogen (secondary N) is 2. The van der Waals surface area contributed by atoms with Crippen molar-refractivity contribution < 1.29 is 14.4 Å². The number of pyridine rings is 1. The van der Waals surface area contributed by atoms with Crippen LogP contribution in [-0.2, 0) is 28.9 Å². The van der Waals surface area contributed by atoms with Gasteiger partial charge in [0.15, 0.2) is 0 Å². The predicted octanol–water partition coefficient (Wildman–Crippen LogP) is 1.98. The van der Waals surface area contributed by atoms with Crippen LogP contribution in [0.15, 0.2) is 6.33 Å². The highest BCUT2D eigenvalue weighted by Crippen LogP contribution is 2.42. The van der Waals surface area contributed by atoms with E-state index in [2.05, 4.69) is 31.1 Å². The Hall–Kier alpha value is -1.87. The van der Waals surface area contributed by atoms with Gasteiger partial charge in [-0.05, 0) is 25.8 Å². The van der Waals surface area contributed by atoms with Crippen LogP contribution < -0.4 is 10.2 Å². The molecule has 0 aromatic carbocycles. The number of aromatic nitrogens is 3. The maximum atomic E-state index is 6.11. The number of thiophene rings is 1. The Morgan fingerprint density at radius 2 is 2.03 bits per heavy atom. The third-order valence-electron chi connectivity index (χ3n) is 6.22. The minimum absolute atomic E-state index is 0.171. The van der Waals surface area contributed by atoms with Crippen molar-refractivity contribution in [1.29, 1.82) is 0 Å². The van der Waals surface area contributed by atoms with Crippen molar-refractivity contribution in [3.63, 3.8) is 0 Å². The molecule has 3 aromatic rings. The number of rotatable bonds is 5. The summed E-state index contributed by atoms with van der Waals surface area (Å²) in [6, 6.07) is 0. The molecule has 2 N–H and O–H groups in total. The Labute approximate surface area is 180 Å². The van der Waals surface area contributed by atoms with Crippen LogP contribution in [0.4, 0.5) is 5.82 Å². The molecule has 8 heteroatoms. The molecule has 0 bridgehead atoms. The first-order chi connectivity index (χ1) is 14.6. The van der Waals surface area contributed by atoms with E-state index in [4.69, 9.17) is 19.4 Å². The number of aryl methyl sites for hydroxylation is 1. The lowest BCUT2D eigenvalue weighted by molar-refractivity contribution is -0.906. The van der Waals surface area contributed by atoms with Gasteiger partial charge in [0.1, 0.15) is 30.1 Å². The topological polar surface area (TPSA) is 73.6 Å². The van der Waals surface area contributed by atoms with E-state index >= 15 is 0 Å². The van der Waals surface area contributed by atoms with Gasteiger partial charge in [0.25, 0.3) is 0 Å². The number of quaternary nitrogens is 1. The molecule has 30 heavy (non-hydrogen) atoms. The summed E-state index contributed by atoms with van der Waals surface area (Å²) >= 11 is 1.71. The molecule has 0 aliphatic carbocycles. The molecule has 0 radical (unpaired) electrons. The van der Waals surface area contributed by atoms with Crippen molar-refractivity contribution in [3.8, 4) is 0 Å². The Bertz CT molecular complexity index is 1070. The Morgan fingerprint density at radius 1 is 1.20 bits per heavy atom. The quantitative estimate of drug-likeness (QED) is 0.647. The molecule has 5 heterocycles. The maximum Gasteiger partial charge on any atom is 0.147 e. The van der Waals surface area contributed by atoms with Crippen LogP contribution in [-0.4, -0.2) is 59.9 Å². The summed E-state index contributed by atoms with van der Waals surface area (Å²) in [5, 5.41) is 4.76. The summed E-state index contributed by atoms with van der Waals surface area (Å²) in [5.41, 5.74) is 4.62. The summed E-state index contributed by atoms with van der Waals surface area (Å²) in [5.74, 6) is 0.925. The zero-order valence-corrected chi connectivity index (χ0v) is 18.8. The van der Waals surface area contributed by atoms with Crippen molar-refractivity contribution in [2.45, 2.75) is 45.8 Å². The van der Waals surface area contributed by atoms with Gasteiger partial charge < -0.3 is 19.7 Å². The summed E-state index contributed by atoms with van der Waals surface area (Å²) in [7, 11) is 0. The normalized spacial score (nSPS) is 19.3. The molecular formula is C22H30N5O2S+. The van der Waals surface area contributed by atoms with Gasteiger partial charge in [0.05, 0.1) is 48.7 Å². The molecule has 1 saturated heterocycles. The first-order valence-corrected chi connectivity index (χ1v) is 11.7. The van der Waals surface area contributed by atoms with Crippen molar-refractivity contribution >= 4 is 37.6 Å². The number of hydrogen-bond acceptors (Lipinski definition) is 7. The van der Waals surface area contributed by atoms with Gasteiger partial charge in [-0.25, -0.2) is 15.0 Å². The first-order valence-electron chi connectivity index (χ1n) is 10.9. The van der Waals surface area contributed by atoms with E-state index in [0.717, 1.165) is 78.8 Å². The fourth-order valence-electron chi connectivity index (χ4n) is 4.56. The Balaban J connectivity index is 1.52. The second kappa shape index (κ2) is 8.00. The van der Waals surface area contributed by atoms with Crippen LogP contribution in [0.25, 0.3) is 20.4 Å². The highest BCUT2D eigenvalue weighted by molar-refractivity contribution is 7.26. The number of nitrogens with zero attached hydrogens (tertiary/aromatic N) is 3. The molecule has 0 spiro atoms. The van der Waals surface area contributed by atoms with E-state index < -0.39 is 0 Å². The summed E-state index contributed by atoms with van der Waals surface area (Å²) in [6.45, 7) is 13.0. The average molecular weight is 429 g/mol. The summed E-state index contributed by atoms with van der Waals surface area (Å²) < 4.78 is 12.7.